The van der Waals surface area contributed by atoms with Gasteiger partial charge in [-0.2, -0.15) is 0 Å². The first-order valence-electron chi connectivity index (χ1n) is 14.9. The van der Waals surface area contributed by atoms with E-state index in [1.165, 1.54) is 96.3 Å². The van der Waals surface area contributed by atoms with E-state index in [9.17, 15) is 0 Å². The molecule has 0 heterocycles. The molecule has 3 saturated carbocycles. The molecule has 176 valence electrons. The predicted octanol–water partition coefficient (Wildman–Crippen LogP) is 10.8. The zero-order valence-corrected chi connectivity index (χ0v) is 20.7. The summed E-state index contributed by atoms with van der Waals surface area (Å²) in [5.41, 5.74) is 0.718. The van der Waals surface area contributed by atoms with E-state index in [0.29, 0.717) is 0 Å². The van der Waals surface area contributed by atoms with Crippen molar-refractivity contribution in [2.24, 2.45) is 17.3 Å². The fourth-order valence-electron chi connectivity index (χ4n) is 7.84. The van der Waals surface area contributed by atoms with E-state index in [1.54, 1.807) is 77.0 Å². The lowest BCUT2D eigenvalue weighted by Gasteiger charge is -2.49. The zero-order chi connectivity index (χ0) is 20.7. The van der Waals surface area contributed by atoms with Crippen LogP contribution in [0.1, 0.15) is 173 Å². The van der Waals surface area contributed by atoms with Crippen molar-refractivity contribution in [3.8, 4) is 0 Å². The van der Waals surface area contributed by atoms with E-state index >= 15 is 0 Å². The molecular weight excluding hydrogens is 360 g/mol. The van der Waals surface area contributed by atoms with Crippen LogP contribution in [0.2, 0.25) is 0 Å². The highest BCUT2D eigenvalue weighted by Crippen LogP contribution is 2.53. The topological polar surface area (TPSA) is 0 Å². The Morgan fingerprint density at radius 1 is 0.267 bits per heavy atom. The van der Waals surface area contributed by atoms with Gasteiger partial charge in [0, 0.05) is 0 Å². The first kappa shape index (κ1) is 24.6. The molecule has 0 N–H and O–H groups in total. The van der Waals surface area contributed by atoms with Crippen molar-refractivity contribution in [1.29, 1.82) is 0 Å². The molecule has 0 aromatic carbocycles. The van der Waals surface area contributed by atoms with Gasteiger partial charge in [0.05, 0.1) is 0 Å². The Morgan fingerprint density at radius 2 is 0.500 bits per heavy atom. The molecule has 0 spiro atoms. The lowest BCUT2D eigenvalue weighted by molar-refractivity contribution is 0.0121. The minimum atomic E-state index is 0.718. The summed E-state index contributed by atoms with van der Waals surface area (Å²) in [6.45, 7) is 0. The van der Waals surface area contributed by atoms with Gasteiger partial charge in [-0.3, -0.25) is 0 Å². The van der Waals surface area contributed by atoms with E-state index in [-0.39, 0.29) is 0 Å². The highest BCUT2D eigenvalue weighted by molar-refractivity contribution is 4.93. The second-order valence-corrected chi connectivity index (χ2v) is 11.7. The Labute approximate surface area is 190 Å². The predicted molar refractivity (Wildman–Crippen MR) is 134 cm³/mol. The quantitative estimate of drug-likeness (QED) is 0.420. The van der Waals surface area contributed by atoms with Gasteiger partial charge in [-0.25, -0.2) is 0 Å². The molecule has 0 heteroatoms. The van der Waals surface area contributed by atoms with Gasteiger partial charge in [0.2, 0.25) is 0 Å². The summed E-state index contributed by atoms with van der Waals surface area (Å²) in [7, 11) is 0. The zero-order valence-electron chi connectivity index (χ0n) is 20.7. The smallest absolute Gasteiger partial charge is 0.0241 e. The van der Waals surface area contributed by atoms with Crippen LogP contribution in [0.4, 0.5) is 0 Å². The number of rotatable bonds is 2. The van der Waals surface area contributed by atoms with Crippen LogP contribution in [-0.2, 0) is 0 Å². The van der Waals surface area contributed by atoms with Crippen molar-refractivity contribution >= 4 is 0 Å². The highest BCUT2D eigenvalue weighted by Gasteiger charge is 2.43. The molecule has 0 aliphatic heterocycles. The van der Waals surface area contributed by atoms with E-state index in [1.807, 2.05) is 0 Å². The second kappa shape index (κ2) is 14.9. The Hall–Kier alpha value is 0. The first-order valence-corrected chi connectivity index (χ1v) is 14.9. The van der Waals surface area contributed by atoms with Crippen LogP contribution >= 0.6 is 0 Å². The largest absolute Gasteiger partial charge is 0.0533 e. The van der Waals surface area contributed by atoms with Gasteiger partial charge in [0.15, 0.2) is 0 Å². The maximum Gasteiger partial charge on any atom is -0.0241 e. The monoisotopic (exact) mass is 416 g/mol. The summed E-state index contributed by atoms with van der Waals surface area (Å²) in [6.07, 6.45) is 41.6. The molecule has 3 aliphatic rings. The Bertz CT molecular complexity index is 352. The van der Waals surface area contributed by atoms with Crippen LogP contribution < -0.4 is 0 Å². The summed E-state index contributed by atoms with van der Waals surface area (Å²) in [5.74, 6) is 2.12. The summed E-state index contributed by atoms with van der Waals surface area (Å²) in [5, 5.41) is 0. The Balaban J connectivity index is 1.81. The van der Waals surface area contributed by atoms with Gasteiger partial charge in [-0.05, 0) is 55.8 Å². The van der Waals surface area contributed by atoms with Gasteiger partial charge < -0.3 is 0 Å². The molecule has 0 aromatic rings. The Kier molecular flexibility index (Phi) is 12.3. The molecule has 0 atom stereocenters. The molecule has 3 fully saturated rings. The first-order chi connectivity index (χ1) is 14.9. The van der Waals surface area contributed by atoms with Gasteiger partial charge in [-0.1, -0.05) is 135 Å². The van der Waals surface area contributed by atoms with Crippen LogP contribution in [0, 0.1) is 17.3 Å². The third kappa shape index (κ3) is 8.16. The lowest BCUT2D eigenvalue weighted by Crippen LogP contribution is -2.39. The van der Waals surface area contributed by atoms with Crippen molar-refractivity contribution in [2.45, 2.75) is 173 Å². The minimum absolute atomic E-state index is 0.718. The fraction of sp³-hybridized carbons (Fsp3) is 1.00. The molecule has 0 aromatic heterocycles. The van der Waals surface area contributed by atoms with Gasteiger partial charge >= 0.3 is 0 Å². The second-order valence-electron chi connectivity index (χ2n) is 11.7. The Morgan fingerprint density at radius 3 is 0.800 bits per heavy atom. The van der Waals surface area contributed by atoms with E-state index in [2.05, 4.69) is 0 Å². The molecule has 0 bridgehead atoms. The standard InChI is InChI=1S/C30H56/c1-4-10-16-22-28(23-17-11-5-1)30(26-20-14-8-3-9-15-21-27-30)29-24-18-12-6-2-7-13-19-25-29/h28-29H,1-27H2. The SMILES string of the molecule is C1CCCCC(C2(C3CCCCCCCCC3)CCCCCCCCC2)CCCC1. The van der Waals surface area contributed by atoms with Crippen LogP contribution in [0.15, 0.2) is 0 Å². The van der Waals surface area contributed by atoms with Crippen molar-refractivity contribution < 1.29 is 0 Å². The fourth-order valence-corrected chi connectivity index (χ4v) is 7.84. The summed E-state index contributed by atoms with van der Waals surface area (Å²) in [4.78, 5) is 0. The highest BCUT2D eigenvalue weighted by atomic mass is 14.5. The summed E-state index contributed by atoms with van der Waals surface area (Å²) >= 11 is 0. The van der Waals surface area contributed by atoms with Crippen molar-refractivity contribution in [3.05, 3.63) is 0 Å². The molecule has 0 saturated heterocycles. The van der Waals surface area contributed by atoms with Gasteiger partial charge in [0.1, 0.15) is 0 Å². The van der Waals surface area contributed by atoms with Gasteiger partial charge in [0.25, 0.3) is 0 Å². The lowest BCUT2D eigenvalue weighted by atomic mass is 9.56. The average Bonchev–Trinajstić information content (AvgIpc) is 2.79. The van der Waals surface area contributed by atoms with E-state index < -0.39 is 0 Å². The summed E-state index contributed by atoms with van der Waals surface area (Å²) in [6, 6.07) is 0. The third-order valence-electron chi connectivity index (χ3n) is 9.62. The van der Waals surface area contributed by atoms with Crippen LogP contribution in [0.25, 0.3) is 0 Å². The molecule has 0 amide bonds. The third-order valence-corrected chi connectivity index (χ3v) is 9.62. The van der Waals surface area contributed by atoms with Crippen molar-refractivity contribution in [1.82, 2.24) is 0 Å². The molecule has 0 nitrogen and oxygen atoms in total. The molecular formula is C30H56. The maximum atomic E-state index is 1.60. The molecule has 3 rings (SSSR count). The molecule has 30 heavy (non-hydrogen) atoms. The van der Waals surface area contributed by atoms with Crippen LogP contribution in [-0.4, -0.2) is 0 Å². The average molecular weight is 417 g/mol. The molecule has 3 aliphatic carbocycles. The van der Waals surface area contributed by atoms with Gasteiger partial charge in [-0.15, -0.1) is 0 Å². The van der Waals surface area contributed by atoms with Crippen molar-refractivity contribution in [2.75, 3.05) is 0 Å². The molecule has 0 unspecified atom stereocenters. The van der Waals surface area contributed by atoms with Crippen LogP contribution in [0.5, 0.6) is 0 Å². The number of hydrogen-bond acceptors (Lipinski definition) is 0. The van der Waals surface area contributed by atoms with E-state index in [0.717, 1.165) is 17.3 Å². The summed E-state index contributed by atoms with van der Waals surface area (Å²) < 4.78 is 0. The maximum absolute atomic E-state index is 1.60. The minimum Gasteiger partial charge on any atom is -0.0533 e. The number of hydrogen-bond donors (Lipinski definition) is 0. The van der Waals surface area contributed by atoms with Crippen LogP contribution in [0.3, 0.4) is 0 Å². The van der Waals surface area contributed by atoms with E-state index in [4.69, 9.17) is 0 Å². The molecule has 0 radical (unpaired) electrons. The van der Waals surface area contributed by atoms with Crippen molar-refractivity contribution in [3.63, 3.8) is 0 Å². The normalized spacial score (nSPS) is 28.4.